The number of aromatic nitrogens is 1. The number of rotatable bonds is 4. The summed E-state index contributed by atoms with van der Waals surface area (Å²) < 4.78 is 9.13. The number of halogens is 1. The molecule has 0 unspecified atom stereocenters. The molecular weight excluding hydrogens is 278 g/mol. The van der Waals surface area contributed by atoms with Crippen LogP contribution in [0.4, 0.5) is 0 Å². The second-order valence-corrected chi connectivity index (χ2v) is 5.36. The number of aryl methyl sites for hydroxylation is 1. The lowest BCUT2D eigenvalue weighted by Crippen LogP contribution is -2.07. The smallest absolute Gasteiger partial charge is 0.0871 e. The van der Waals surface area contributed by atoms with Crippen LogP contribution in [0.25, 0.3) is 10.9 Å². The first kappa shape index (κ1) is 12.7. The molecule has 0 saturated heterocycles. The maximum Gasteiger partial charge on any atom is 0.0871 e. The van der Waals surface area contributed by atoms with Crippen molar-refractivity contribution in [3.05, 3.63) is 34.4 Å². The molecule has 0 spiro atoms. The Balaban J connectivity index is 2.41. The quantitative estimate of drug-likeness (QED) is 0.818. The highest BCUT2D eigenvalue weighted by atomic mass is 79.9. The van der Waals surface area contributed by atoms with Gasteiger partial charge >= 0.3 is 0 Å². The van der Waals surface area contributed by atoms with Gasteiger partial charge in [-0.15, -0.1) is 0 Å². The normalized spacial score (nSPS) is 11.6. The van der Waals surface area contributed by atoms with Gasteiger partial charge in [0.25, 0.3) is 0 Å². The predicted molar refractivity (Wildman–Crippen MR) is 75.2 cm³/mol. The minimum atomic E-state index is 0.269. The molecule has 0 saturated carbocycles. The van der Waals surface area contributed by atoms with E-state index in [1.807, 2.05) is 0 Å². The largest absolute Gasteiger partial charge is 0.373 e. The van der Waals surface area contributed by atoms with E-state index in [2.05, 4.69) is 65.5 Å². The highest BCUT2D eigenvalue weighted by Crippen LogP contribution is 2.24. The predicted octanol–water partition coefficient (Wildman–Crippen LogP) is 4.35. The summed E-state index contributed by atoms with van der Waals surface area (Å²) in [5, 5.41) is 1.28. The Bertz CT molecular complexity index is 516. The summed E-state index contributed by atoms with van der Waals surface area (Å²) in [6, 6.07) is 8.60. The van der Waals surface area contributed by atoms with Gasteiger partial charge in [-0.1, -0.05) is 22.0 Å². The third-order valence-electron chi connectivity index (χ3n) is 2.83. The van der Waals surface area contributed by atoms with Gasteiger partial charge in [0, 0.05) is 27.6 Å². The van der Waals surface area contributed by atoms with Crippen molar-refractivity contribution in [3.63, 3.8) is 0 Å². The van der Waals surface area contributed by atoms with E-state index in [-0.39, 0.29) is 6.10 Å². The number of ether oxygens (including phenoxy) is 1. The Morgan fingerprint density at radius 1 is 1.29 bits per heavy atom. The second-order valence-electron chi connectivity index (χ2n) is 4.44. The van der Waals surface area contributed by atoms with Crippen molar-refractivity contribution in [2.45, 2.75) is 40.0 Å². The summed E-state index contributed by atoms with van der Waals surface area (Å²) in [5.41, 5.74) is 2.51. The summed E-state index contributed by atoms with van der Waals surface area (Å²) in [6.45, 7) is 7.94. The molecule has 2 rings (SSSR count). The van der Waals surface area contributed by atoms with E-state index in [1.54, 1.807) is 0 Å². The van der Waals surface area contributed by atoms with Gasteiger partial charge in [-0.3, -0.25) is 0 Å². The fraction of sp³-hybridized carbons (Fsp3) is 0.429. The zero-order valence-corrected chi connectivity index (χ0v) is 12.1. The Hall–Kier alpha value is -0.800. The Morgan fingerprint density at radius 2 is 2.06 bits per heavy atom. The van der Waals surface area contributed by atoms with Gasteiger partial charge in [0.15, 0.2) is 0 Å². The molecule has 0 aliphatic heterocycles. The summed E-state index contributed by atoms with van der Waals surface area (Å²) >= 11 is 3.52. The summed E-state index contributed by atoms with van der Waals surface area (Å²) in [6.07, 6.45) is 0.269. The highest BCUT2D eigenvalue weighted by Gasteiger charge is 2.08. The minimum absolute atomic E-state index is 0.269. The van der Waals surface area contributed by atoms with Crippen LogP contribution in [-0.4, -0.2) is 10.7 Å². The van der Waals surface area contributed by atoms with Gasteiger partial charge in [0.05, 0.1) is 12.7 Å². The van der Waals surface area contributed by atoms with Crippen LogP contribution in [0, 0.1) is 0 Å². The third kappa shape index (κ3) is 2.72. The summed E-state index contributed by atoms with van der Waals surface area (Å²) in [5.74, 6) is 0. The molecule has 17 heavy (non-hydrogen) atoms. The number of nitrogens with zero attached hydrogens (tertiary/aromatic N) is 1. The van der Waals surface area contributed by atoms with Gasteiger partial charge in [-0.25, -0.2) is 0 Å². The van der Waals surface area contributed by atoms with Crippen LogP contribution in [0.3, 0.4) is 0 Å². The van der Waals surface area contributed by atoms with Crippen molar-refractivity contribution in [2.75, 3.05) is 0 Å². The van der Waals surface area contributed by atoms with Crippen molar-refractivity contribution in [1.29, 1.82) is 0 Å². The molecule has 1 aromatic heterocycles. The Kier molecular flexibility index (Phi) is 3.89. The minimum Gasteiger partial charge on any atom is -0.373 e. The topological polar surface area (TPSA) is 14.2 Å². The molecule has 0 fully saturated rings. The van der Waals surface area contributed by atoms with Crippen LogP contribution >= 0.6 is 15.9 Å². The van der Waals surface area contributed by atoms with Crippen LogP contribution in [0.5, 0.6) is 0 Å². The summed E-state index contributed by atoms with van der Waals surface area (Å²) in [4.78, 5) is 0. The molecule has 3 heteroatoms. The van der Waals surface area contributed by atoms with Crippen molar-refractivity contribution in [2.24, 2.45) is 0 Å². The molecule has 2 aromatic rings. The first-order valence-electron chi connectivity index (χ1n) is 6.01. The van der Waals surface area contributed by atoms with Crippen LogP contribution in [0.2, 0.25) is 0 Å². The van der Waals surface area contributed by atoms with E-state index in [9.17, 15) is 0 Å². The molecule has 0 amide bonds. The van der Waals surface area contributed by atoms with E-state index in [0.29, 0.717) is 6.61 Å². The van der Waals surface area contributed by atoms with Crippen molar-refractivity contribution in [3.8, 4) is 0 Å². The number of benzene rings is 1. The third-order valence-corrected chi connectivity index (χ3v) is 3.33. The molecule has 2 nitrogen and oxygen atoms in total. The summed E-state index contributed by atoms with van der Waals surface area (Å²) in [7, 11) is 0. The molecule has 0 aliphatic carbocycles. The van der Waals surface area contributed by atoms with Gasteiger partial charge in [-0.05, 0) is 39.0 Å². The van der Waals surface area contributed by atoms with Crippen LogP contribution in [0.1, 0.15) is 26.5 Å². The standard InChI is InChI=1S/C14H18BrNO/c1-4-16-13(9-17-10(2)3)7-11-5-6-12(15)8-14(11)16/h5-8,10H,4,9H2,1-3H3. The van der Waals surface area contributed by atoms with Crippen molar-refractivity contribution < 1.29 is 4.74 Å². The van der Waals surface area contributed by atoms with Gasteiger partial charge in [0.1, 0.15) is 0 Å². The average Bonchev–Trinajstić information content (AvgIpc) is 2.63. The van der Waals surface area contributed by atoms with Gasteiger partial charge in [-0.2, -0.15) is 0 Å². The zero-order chi connectivity index (χ0) is 12.4. The maximum absolute atomic E-state index is 5.70. The molecule has 92 valence electrons. The first-order valence-corrected chi connectivity index (χ1v) is 6.80. The van der Waals surface area contributed by atoms with Crippen LogP contribution < -0.4 is 0 Å². The van der Waals surface area contributed by atoms with E-state index < -0.39 is 0 Å². The van der Waals surface area contributed by atoms with Gasteiger partial charge in [0.2, 0.25) is 0 Å². The number of hydrogen-bond acceptors (Lipinski definition) is 1. The monoisotopic (exact) mass is 295 g/mol. The lowest BCUT2D eigenvalue weighted by atomic mass is 10.2. The molecule has 0 bridgehead atoms. The van der Waals surface area contributed by atoms with Gasteiger partial charge < -0.3 is 9.30 Å². The second kappa shape index (κ2) is 5.23. The fourth-order valence-electron chi connectivity index (χ4n) is 2.03. The van der Waals surface area contributed by atoms with E-state index in [1.165, 1.54) is 16.6 Å². The van der Waals surface area contributed by atoms with E-state index >= 15 is 0 Å². The molecule has 0 N–H and O–H groups in total. The Labute approximate surface area is 111 Å². The highest BCUT2D eigenvalue weighted by molar-refractivity contribution is 9.10. The lowest BCUT2D eigenvalue weighted by molar-refractivity contribution is 0.0620. The molecule has 1 heterocycles. The number of hydrogen-bond donors (Lipinski definition) is 0. The maximum atomic E-state index is 5.70. The van der Waals surface area contributed by atoms with Crippen LogP contribution in [0.15, 0.2) is 28.7 Å². The average molecular weight is 296 g/mol. The molecule has 0 atom stereocenters. The molecule has 1 aromatic carbocycles. The van der Waals surface area contributed by atoms with Crippen molar-refractivity contribution >= 4 is 26.8 Å². The SMILES string of the molecule is CCn1c(COC(C)C)cc2ccc(Br)cc21. The Morgan fingerprint density at radius 3 is 2.71 bits per heavy atom. The fourth-order valence-corrected chi connectivity index (χ4v) is 2.38. The van der Waals surface area contributed by atoms with E-state index in [4.69, 9.17) is 4.74 Å². The zero-order valence-electron chi connectivity index (χ0n) is 10.5. The van der Waals surface area contributed by atoms with E-state index in [0.717, 1.165) is 11.0 Å². The molecule has 0 radical (unpaired) electrons. The lowest BCUT2D eigenvalue weighted by Gasteiger charge is -2.10. The van der Waals surface area contributed by atoms with Crippen molar-refractivity contribution in [1.82, 2.24) is 4.57 Å². The molecular formula is C14H18BrNO. The molecule has 0 aliphatic rings. The van der Waals surface area contributed by atoms with Crippen LogP contribution in [-0.2, 0) is 17.9 Å². The first-order chi connectivity index (χ1) is 8.11. The number of fused-ring (bicyclic) bond motifs is 1.